The van der Waals surface area contributed by atoms with Gasteiger partial charge >= 0.3 is 12.4 Å². The Morgan fingerprint density at radius 2 is 1.71 bits per heavy atom. The fourth-order valence-electron chi connectivity index (χ4n) is 3.69. The molecule has 0 spiro atoms. The minimum Gasteiger partial charge on any atom is -0.372 e. The summed E-state index contributed by atoms with van der Waals surface area (Å²) in [6.07, 6.45) is -9.32. The Morgan fingerprint density at radius 3 is 2.26 bits per heavy atom. The maximum absolute atomic E-state index is 14.4. The molecule has 204 valence electrons. The molecule has 1 unspecified atom stereocenters. The van der Waals surface area contributed by atoms with Gasteiger partial charge in [-0.15, -0.1) is 0 Å². The number of hydrogen-bond donors (Lipinski definition) is 0. The highest BCUT2D eigenvalue weighted by Gasteiger charge is 2.63. The fourth-order valence-corrected chi connectivity index (χ4v) is 4.39. The first-order valence-electron chi connectivity index (χ1n) is 10.3. The first-order chi connectivity index (χ1) is 17.7. The van der Waals surface area contributed by atoms with Crippen molar-refractivity contribution < 1.29 is 40.3 Å². The van der Waals surface area contributed by atoms with E-state index in [1.807, 2.05) is 0 Å². The predicted molar refractivity (Wildman–Crippen MR) is 125 cm³/mol. The van der Waals surface area contributed by atoms with Gasteiger partial charge in [0.25, 0.3) is 5.60 Å². The molecule has 0 saturated carbocycles. The Kier molecular flexibility index (Phi) is 7.51. The summed E-state index contributed by atoms with van der Waals surface area (Å²) in [6, 6.07) is 5.48. The van der Waals surface area contributed by atoms with Gasteiger partial charge in [-0.3, -0.25) is 0 Å². The zero-order valence-corrected chi connectivity index (χ0v) is 21.1. The Hall–Kier alpha value is -2.74. The lowest BCUT2D eigenvalue weighted by atomic mass is 9.89. The highest BCUT2D eigenvalue weighted by Crippen LogP contribution is 2.50. The van der Waals surface area contributed by atoms with Crippen molar-refractivity contribution in [2.75, 3.05) is 18.7 Å². The normalized spacial score (nSPS) is 17.9. The SMILES string of the molecule is COCN(C1=NOC(c2cc(Cl)c(F)c(Cl)c2)(C(F)(F)F)C1)c1ccc(Cl)c(-n2cc(C(F)(F)F)cn2)c1. The van der Waals surface area contributed by atoms with Crippen LogP contribution < -0.4 is 4.90 Å². The highest BCUT2D eigenvalue weighted by molar-refractivity contribution is 6.35. The third kappa shape index (κ3) is 5.12. The topological polar surface area (TPSA) is 51.9 Å². The lowest BCUT2D eigenvalue weighted by Crippen LogP contribution is -2.44. The zero-order valence-electron chi connectivity index (χ0n) is 18.8. The molecule has 6 nitrogen and oxygen atoms in total. The molecule has 3 aromatic rings. The van der Waals surface area contributed by atoms with Crippen molar-refractivity contribution in [3.63, 3.8) is 0 Å². The second-order valence-electron chi connectivity index (χ2n) is 8.01. The van der Waals surface area contributed by atoms with Crippen LogP contribution in [-0.4, -0.2) is 35.6 Å². The van der Waals surface area contributed by atoms with E-state index >= 15 is 0 Å². The Morgan fingerprint density at radius 1 is 1.05 bits per heavy atom. The van der Waals surface area contributed by atoms with Gasteiger partial charge in [-0.1, -0.05) is 40.0 Å². The van der Waals surface area contributed by atoms with Crippen molar-refractivity contribution in [2.24, 2.45) is 5.16 Å². The van der Waals surface area contributed by atoms with Crippen molar-refractivity contribution >= 4 is 46.3 Å². The number of oxime groups is 1. The molecule has 1 aromatic heterocycles. The number of benzene rings is 2. The van der Waals surface area contributed by atoms with Crippen LogP contribution in [0.1, 0.15) is 17.5 Å². The van der Waals surface area contributed by atoms with Crippen LogP contribution in [0.5, 0.6) is 0 Å². The number of alkyl halides is 6. The molecule has 0 amide bonds. The minimum absolute atomic E-state index is 0.000493. The number of nitrogens with zero attached hydrogens (tertiary/aromatic N) is 4. The number of halogens is 10. The second-order valence-corrected chi connectivity index (χ2v) is 9.23. The maximum Gasteiger partial charge on any atom is 0.435 e. The lowest BCUT2D eigenvalue weighted by molar-refractivity contribution is -0.275. The van der Waals surface area contributed by atoms with Gasteiger partial charge in [0.2, 0.25) is 0 Å². The molecule has 1 atom stereocenters. The maximum atomic E-state index is 14.4. The van der Waals surface area contributed by atoms with Gasteiger partial charge in [-0.25, -0.2) is 9.07 Å². The minimum atomic E-state index is -5.06. The van der Waals surface area contributed by atoms with Crippen LogP contribution in [0.2, 0.25) is 15.1 Å². The fraction of sp³-hybridized carbons (Fsp3) is 0.273. The highest BCUT2D eigenvalue weighted by atomic mass is 35.5. The van der Waals surface area contributed by atoms with E-state index in [0.29, 0.717) is 12.4 Å². The van der Waals surface area contributed by atoms with Crippen LogP contribution >= 0.6 is 34.8 Å². The van der Waals surface area contributed by atoms with Gasteiger partial charge in [-0.05, 0) is 30.3 Å². The number of methoxy groups -OCH3 is 1. The largest absolute Gasteiger partial charge is 0.435 e. The molecule has 2 aromatic carbocycles. The number of aromatic nitrogens is 2. The molecular formula is C22H14Cl3F7N4O2. The standard InChI is InChI=1S/C22H14Cl3F7N4O2/c1-37-10-35(13-2-3-14(23)17(6-13)36-9-12(8-33-36)21(27,28)29)18-7-20(38-34-18,22(30,31)32)11-4-15(24)19(26)16(25)5-11/h2-6,8-9H,7,10H2,1H3. The van der Waals surface area contributed by atoms with E-state index in [2.05, 4.69) is 10.3 Å². The number of amidine groups is 1. The molecule has 38 heavy (non-hydrogen) atoms. The van der Waals surface area contributed by atoms with E-state index < -0.39 is 51.4 Å². The molecule has 1 aliphatic rings. The molecule has 2 heterocycles. The van der Waals surface area contributed by atoms with Crippen LogP contribution in [0.15, 0.2) is 47.9 Å². The van der Waals surface area contributed by atoms with E-state index in [0.717, 1.165) is 16.8 Å². The smallest absolute Gasteiger partial charge is 0.372 e. The van der Waals surface area contributed by atoms with Crippen LogP contribution in [0.25, 0.3) is 5.69 Å². The van der Waals surface area contributed by atoms with Crippen molar-refractivity contribution in [3.8, 4) is 5.69 Å². The Balaban J connectivity index is 1.74. The average Bonchev–Trinajstić information content (AvgIpc) is 3.50. The molecule has 0 radical (unpaired) electrons. The third-order valence-corrected chi connectivity index (χ3v) is 6.46. The molecular weight excluding hydrogens is 592 g/mol. The molecule has 0 N–H and O–H groups in total. The van der Waals surface area contributed by atoms with E-state index in [1.165, 1.54) is 30.2 Å². The van der Waals surface area contributed by atoms with E-state index in [4.69, 9.17) is 44.4 Å². The first-order valence-corrected chi connectivity index (χ1v) is 11.5. The third-order valence-electron chi connectivity index (χ3n) is 5.59. The summed E-state index contributed by atoms with van der Waals surface area (Å²) < 4.78 is 102. The van der Waals surface area contributed by atoms with Crippen molar-refractivity contribution in [1.82, 2.24) is 9.78 Å². The summed E-state index contributed by atoms with van der Waals surface area (Å²) in [7, 11) is 1.26. The van der Waals surface area contributed by atoms with Gasteiger partial charge in [0, 0.05) is 24.6 Å². The molecule has 0 aliphatic carbocycles. The molecule has 16 heteroatoms. The zero-order chi connectivity index (χ0) is 28.0. The van der Waals surface area contributed by atoms with Crippen molar-refractivity contribution in [2.45, 2.75) is 24.4 Å². The van der Waals surface area contributed by atoms with Crippen LogP contribution in [0.3, 0.4) is 0 Å². The quantitative estimate of drug-likeness (QED) is 0.171. The average molecular weight is 606 g/mol. The van der Waals surface area contributed by atoms with E-state index in [9.17, 15) is 30.7 Å². The number of ether oxygens (including phenoxy) is 1. The van der Waals surface area contributed by atoms with Gasteiger partial charge in [-0.2, -0.15) is 31.4 Å². The Bertz CT molecular complexity index is 1370. The monoisotopic (exact) mass is 604 g/mol. The summed E-state index contributed by atoms with van der Waals surface area (Å²) in [4.78, 5) is 6.13. The number of anilines is 1. The van der Waals surface area contributed by atoms with Crippen LogP contribution in [0.4, 0.5) is 36.4 Å². The van der Waals surface area contributed by atoms with Gasteiger partial charge < -0.3 is 14.5 Å². The van der Waals surface area contributed by atoms with Crippen molar-refractivity contribution in [1.29, 1.82) is 0 Å². The van der Waals surface area contributed by atoms with E-state index in [1.54, 1.807) is 0 Å². The molecule has 0 fully saturated rings. The molecule has 4 rings (SSSR count). The number of hydrogen-bond acceptors (Lipinski definition) is 5. The lowest BCUT2D eigenvalue weighted by Gasteiger charge is -2.30. The van der Waals surface area contributed by atoms with Crippen LogP contribution in [-0.2, 0) is 21.4 Å². The first kappa shape index (κ1) is 28.3. The van der Waals surface area contributed by atoms with Gasteiger partial charge in [0.15, 0.2) is 11.7 Å². The predicted octanol–water partition coefficient (Wildman–Crippen LogP) is 7.59. The Labute approximate surface area is 225 Å². The molecule has 0 bridgehead atoms. The second kappa shape index (κ2) is 10.1. The van der Waals surface area contributed by atoms with E-state index in [-0.39, 0.29) is 29.0 Å². The summed E-state index contributed by atoms with van der Waals surface area (Å²) >= 11 is 17.6. The summed E-state index contributed by atoms with van der Waals surface area (Å²) in [5.74, 6) is -1.37. The van der Waals surface area contributed by atoms with Crippen LogP contribution in [0, 0.1) is 5.82 Å². The molecule has 0 saturated heterocycles. The van der Waals surface area contributed by atoms with Gasteiger partial charge in [0.1, 0.15) is 6.73 Å². The van der Waals surface area contributed by atoms with Gasteiger partial charge in [0.05, 0.1) is 38.9 Å². The molecule has 1 aliphatic heterocycles. The summed E-state index contributed by atoms with van der Waals surface area (Å²) in [5.41, 5.74) is -4.56. The summed E-state index contributed by atoms with van der Waals surface area (Å²) in [6.45, 7) is -0.338. The summed E-state index contributed by atoms with van der Waals surface area (Å²) in [5, 5.41) is 6.01. The number of rotatable bonds is 5. The van der Waals surface area contributed by atoms with Crippen molar-refractivity contribution in [3.05, 3.63) is 74.7 Å².